The zero-order chi connectivity index (χ0) is 22.1. The Hall–Kier alpha value is -4.20. The van der Waals surface area contributed by atoms with Crippen LogP contribution in [-0.4, -0.2) is 32.7 Å². The summed E-state index contributed by atoms with van der Waals surface area (Å²) < 4.78 is 15.1. The predicted octanol–water partition coefficient (Wildman–Crippen LogP) is 4.18. The van der Waals surface area contributed by atoms with E-state index in [-0.39, 0.29) is 16.9 Å². The molecule has 0 bridgehead atoms. The van der Waals surface area contributed by atoms with Crippen LogP contribution in [0.1, 0.15) is 37.7 Å². The number of carboxylic acids is 1. The number of aromatic nitrogens is 2. The second-order valence-corrected chi connectivity index (χ2v) is 7.12. The lowest BCUT2D eigenvalue weighted by Crippen LogP contribution is -2.19. The van der Waals surface area contributed by atoms with Crippen molar-refractivity contribution in [1.29, 1.82) is 0 Å². The molecule has 4 rings (SSSR count). The van der Waals surface area contributed by atoms with Crippen LogP contribution in [-0.2, 0) is 0 Å². The lowest BCUT2D eigenvalue weighted by atomic mass is 10.1. The molecule has 0 aliphatic rings. The van der Waals surface area contributed by atoms with Crippen LogP contribution in [0.5, 0.6) is 0 Å². The minimum atomic E-state index is -1.08. The molecule has 0 aliphatic carbocycles. The number of nitrogens with one attached hydrogen (secondary N) is 2. The number of rotatable bonds is 5. The lowest BCUT2D eigenvalue weighted by Gasteiger charge is -2.14. The number of aryl methyl sites for hydroxylation is 2. The van der Waals surface area contributed by atoms with Gasteiger partial charge in [0.2, 0.25) is 0 Å². The Morgan fingerprint density at radius 2 is 1.84 bits per heavy atom. The Labute approximate surface area is 176 Å². The summed E-state index contributed by atoms with van der Waals surface area (Å²) in [5.41, 5.74) is 6.24. The largest absolute Gasteiger partial charge is 0.478 e. The molecule has 2 aromatic heterocycles. The first kappa shape index (κ1) is 20.1. The standard InChI is InChI=1S/C23H19FN4O3/c1-13-3-4-14(2)28(13)21-9-15(5-7-19(21)23(30)31)22(29)27-26-12-16-11-25-20-10-17(24)6-8-18(16)20/h3-12,25H,1-2H3,(H,27,29)(H,30,31). The number of nitrogens with zero attached hydrogens (tertiary/aromatic N) is 2. The number of carboxylic acid groups (broad SMARTS) is 1. The number of halogens is 1. The minimum Gasteiger partial charge on any atom is -0.478 e. The average Bonchev–Trinajstić information content (AvgIpc) is 3.29. The van der Waals surface area contributed by atoms with Crippen LogP contribution in [0.3, 0.4) is 0 Å². The van der Waals surface area contributed by atoms with Gasteiger partial charge in [-0.1, -0.05) is 0 Å². The Morgan fingerprint density at radius 1 is 1.10 bits per heavy atom. The molecule has 0 aliphatic heterocycles. The second-order valence-electron chi connectivity index (χ2n) is 7.12. The number of benzene rings is 2. The highest BCUT2D eigenvalue weighted by atomic mass is 19.1. The third-order valence-electron chi connectivity index (χ3n) is 5.05. The molecule has 0 radical (unpaired) electrons. The van der Waals surface area contributed by atoms with Gasteiger partial charge >= 0.3 is 5.97 Å². The number of H-pyrrole nitrogens is 1. The van der Waals surface area contributed by atoms with Gasteiger partial charge < -0.3 is 14.7 Å². The van der Waals surface area contributed by atoms with Crippen LogP contribution in [0.15, 0.2) is 59.8 Å². The van der Waals surface area contributed by atoms with Crippen molar-refractivity contribution in [3.8, 4) is 5.69 Å². The maximum Gasteiger partial charge on any atom is 0.337 e. The van der Waals surface area contributed by atoms with Gasteiger partial charge in [0, 0.05) is 39.6 Å². The number of aromatic amines is 1. The van der Waals surface area contributed by atoms with Gasteiger partial charge in [0.15, 0.2) is 0 Å². The predicted molar refractivity (Wildman–Crippen MR) is 116 cm³/mol. The van der Waals surface area contributed by atoms with E-state index in [4.69, 9.17) is 0 Å². The van der Waals surface area contributed by atoms with Crippen molar-refractivity contribution in [1.82, 2.24) is 15.0 Å². The summed E-state index contributed by atoms with van der Waals surface area (Å²) in [4.78, 5) is 27.3. The lowest BCUT2D eigenvalue weighted by molar-refractivity contribution is 0.0696. The van der Waals surface area contributed by atoms with E-state index in [9.17, 15) is 19.1 Å². The van der Waals surface area contributed by atoms with Crippen molar-refractivity contribution in [2.75, 3.05) is 0 Å². The first-order chi connectivity index (χ1) is 14.8. The minimum absolute atomic E-state index is 0.0912. The molecule has 0 saturated heterocycles. The van der Waals surface area contributed by atoms with Gasteiger partial charge in [0.1, 0.15) is 5.82 Å². The number of hydrazone groups is 1. The quantitative estimate of drug-likeness (QED) is 0.335. The van der Waals surface area contributed by atoms with E-state index in [1.54, 1.807) is 16.8 Å². The van der Waals surface area contributed by atoms with Crippen LogP contribution < -0.4 is 5.43 Å². The Bertz CT molecular complexity index is 1330. The summed E-state index contributed by atoms with van der Waals surface area (Å²) in [5, 5.41) is 14.3. The van der Waals surface area contributed by atoms with Gasteiger partial charge in [-0.15, -0.1) is 0 Å². The highest BCUT2D eigenvalue weighted by Gasteiger charge is 2.17. The summed E-state index contributed by atoms with van der Waals surface area (Å²) in [6.07, 6.45) is 3.12. The molecule has 3 N–H and O–H groups in total. The smallest absolute Gasteiger partial charge is 0.337 e. The third kappa shape index (κ3) is 3.83. The second kappa shape index (κ2) is 7.91. The van der Waals surface area contributed by atoms with E-state index in [2.05, 4.69) is 15.5 Å². The van der Waals surface area contributed by atoms with Crippen molar-refractivity contribution >= 4 is 29.0 Å². The maximum atomic E-state index is 13.3. The highest BCUT2D eigenvalue weighted by Crippen LogP contribution is 2.22. The van der Waals surface area contributed by atoms with Crippen LogP contribution in [0.4, 0.5) is 4.39 Å². The number of amides is 1. The van der Waals surface area contributed by atoms with Gasteiger partial charge in [-0.2, -0.15) is 5.10 Å². The van der Waals surface area contributed by atoms with E-state index in [0.717, 1.165) is 16.8 Å². The number of carbonyl (C=O) groups excluding carboxylic acids is 1. The Balaban J connectivity index is 1.60. The van der Waals surface area contributed by atoms with E-state index >= 15 is 0 Å². The van der Waals surface area contributed by atoms with Gasteiger partial charge in [-0.05, 0) is 62.4 Å². The summed E-state index contributed by atoms with van der Waals surface area (Å²) in [6.45, 7) is 3.73. The SMILES string of the molecule is Cc1ccc(C)n1-c1cc(C(=O)NN=Cc2c[nH]c3cc(F)ccc23)ccc1C(=O)O. The first-order valence-corrected chi connectivity index (χ1v) is 9.48. The third-order valence-corrected chi connectivity index (χ3v) is 5.05. The van der Waals surface area contributed by atoms with Crippen LogP contribution >= 0.6 is 0 Å². The van der Waals surface area contributed by atoms with E-state index in [0.29, 0.717) is 16.8 Å². The van der Waals surface area contributed by atoms with Crippen LogP contribution in [0.2, 0.25) is 0 Å². The molecule has 0 spiro atoms. The molecule has 156 valence electrons. The topological polar surface area (TPSA) is 99.5 Å². The number of fused-ring (bicyclic) bond motifs is 1. The zero-order valence-corrected chi connectivity index (χ0v) is 16.8. The normalized spacial score (nSPS) is 11.3. The molecule has 0 saturated carbocycles. The first-order valence-electron chi connectivity index (χ1n) is 9.48. The van der Waals surface area contributed by atoms with Gasteiger partial charge in [0.25, 0.3) is 5.91 Å². The zero-order valence-electron chi connectivity index (χ0n) is 16.8. The maximum absolute atomic E-state index is 13.3. The van der Waals surface area contributed by atoms with Crippen molar-refractivity contribution < 1.29 is 19.1 Å². The number of carbonyl (C=O) groups is 2. The highest BCUT2D eigenvalue weighted by molar-refractivity contribution is 6.01. The fourth-order valence-electron chi connectivity index (χ4n) is 3.54. The van der Waals surface area contributed by atoms with Crippen molar-refractivity contribution in [2.24, 2.45) is 5.10 Å². The van der Waals surface area contributed by atoms with Crippen molar-refractivity contribution in [3.05, 3.63) is 88.6 Å². The molecule has 0 fully saturated rings. The van der Waals surface area contributed by atoms with Crippen molar-refractivity contribution in [3.63, 3.8) is 0 Å². The van der Waals surface area contributed by atoms with Gasteiger partial charge in [-0.25, -0.2) is 14.6 Å². The van der Waals surface area contributed by atoms with Gasteiger partial charge in [0.05, 0.1) is 17.5 Å². The fourth-order valence-corrected chi connectivity index (χ4v) is 3.54. The van der Waals surface area contributed by atoms with Crippen molar-refractivity contribution in [2.45, 2.75) is 13.8 Å². The molecule has 2 heterocycles. The summed E-state index contributed by atoms with van der Waals surface area (Å²) in [5.74, 6) is -1.91. The summed E-state index contributed by atoms with van der Waals surface area (Å²) >= 11 is 0. The molecule has 2 aromatic carbocycles. The van der Waals surface area contributed by atoms with E-state index in [1.165, 1.54) is 36.5 Å². The van der Waals surface area contributed by atoms with Crippen LogP contribution in [0.25, 0.3) is 16.6 Å². The monoisotopic (exact) mass is 418 g/mol. The number of hydrogen-bond donors (Lipinski definition) is 3. The number of aromatic carboxylic acids is 1. The molecule has 8 heteroatoms. The molecule has 1 amide bonds. The van der Waals surface area contributed by atoms with E-state index in [1.807, 2.05) is 26.0 Å². The van der Waals surface area contributed by atoms with E-state index < -0.39 is 11.9 Å². The van der Waals surface area contributed by atoms with Gasteiger partial charge in [-0.3, -0.25) is 4.79 Å². The number of hydrogen-bond acceptors (Lipinski definition) is 3. The Morgan fingerprint density at radius 3 is 2.55 bits per heavy atom. The molecule has 0 atom stereocenters. The average molecular weight is 418 g/mol. The molecular weight excluding hydrogens is 399 g/mol. The molecule has 7 nitrogen and oxygen atoms in total. The molecule has 4 aromatic rings. The summed E-state index contributed by atoms with van der Waals surface area (Å²) in [6, 6.07) is 12.5. The molecule has 0 unspecified atom stereocenters. The Kier molecular flexibility index (Phi) is 5.12. The van der Waals surface area contributed by atoms with Crippen LogP contribution in [0, 0.1) is 19.7 Å². The fraction of sp³-hybridized carbons (Fsp3) is 0.0870. The molecule has 31 heavy (non-hydrogen) atoms. The molecular formula is C23H19FN4O3. The summed E-state index contributed by atoms with van der Waals surface area (Å²) in [7, 11) is 0.